The van der Waals surface area contributed by atoms with Crippen molar-refractivity contribution in [3.63, 3.8) is 0 Å². The van der Waals surface area contributed by atoms with Crippen LogP contribution in [-0.2, 0) is 0 Å². The lowest BCUT2D eigenvalue weighted by Crippen LogP contribution is -2.31. The van der Waals surface area contributed by atoms with Gasteiger partial charge in [0, 0.05) is 6.04 Å². The molecule has 0 spiro atoms. The van der Waals surface area contributed by atoms with Crippen LogP contribution in [0, 0.1) is 0 Å². The molecular formula is C7H11N5O. The number of carbonyl (C=O) groups is 1. The van der Waals surface area contributed by atoms with Crippen molar-refractivity contribution in [2.24, 2.45) is 0 Å². The number of carbonyl (C=O) groups excluding carboxylic acids is 1. The molecule has 0 saturated heterocycles. The largest absolute Gasteiger partial charge is 0.366 e. The third-order valence-corrected chi connectivity index (χ3v) is 1.43. The molecule has 1 aromatic rings. The van der Waals surface area contributed by atoms with E-state index in [4.69, 9.17) is 5.73 Å². The highest BCUT2D eigenvalue weighted by Gasteiger charge is 2.11. The molecule has 0 saturated carbocycles. The van der Waals surface area contributed by atoms with Gasteiger partial charge in [0.25, 0.3) is 5.91 Å². The standard InChI is InChI=1S/C7H11N5O/c1-3-4(2)9-6(13)5-10-7(8)12-11-5/h3-4H,1H2,2H3,(H,9,13)(H3,8,10,11,12). The first-order valence-corrected chi connectivity index (χ1v) is 3.74. The van der Waals surface area contributed by atoms with Crippen LogP contribution in [0.2, 0.25) is 0 Å². The molecule has 0 bridgehead atoms. The Morgan fingerprint density at radius 3 is 3.00 bits per heavy atom. The average Bonchev–Trinajstić information content (AvgIpc) is 2.51. The van der Waals surface area contributed by atoms with E-state index in [0.29, 0.717) is 0 Å². The van der Waals surface area contributed by atoms with E-state index in [-0.39, 0.29) is 23.7 Å². The van der Waals surface area contributed by atoms with Gasteiger partial charge in [0.15, 0.2) is 0 Å². The topological polar surface area (TPSA) is 96.7 Å². The van der Waals surface area contributed by atoms with Gasteiger partial charge in [-0.25, -0.2) is 0 Å². The molecule has 0 aliphatic heterocycles. The maximum absolute atomic E-state index is 11.3. The van der Waals surface area contributed by atoms with Gasteiger partial charge in [-0.05, 0) is 6.92 Å². The molecule has 70 valence electrons. The quantitative estimate of drug-likeness (QED) is 0.557. The first-order valence-electron chi connectivity index (χ1n) is 3.74. The summed E-state index contributed by atoms with van der Waals surface area (Å²) in [4.78, 5) is 14.9. The molecule has 1 atom stereocenters. The van der Waals surface area contributed by atoms with Crippen molar-refractivity contribution in [2.45, 2.75) is 13.0 Å². The predicted molar refractivity (Wildman–Crippen MR) is 47.9 cm³/mol. The Morgan fingerprint density at radius 2 is 2.54 bits per heavy atom. The molecule has 1 amide bonds. The Balaban J connectivity index is 2.63. The Kier molecular flexibility index (Phi) is 2.63. The van der Waals surface area contributed by atoms with Crippen molar-refractivity contribution in [3.8, 4) is 0 Å². The minimum absolute atomic E-state index is 0.0522. The molecule has 1 unspecified atom stereocenters. The number of aromatic nitrogens is 3. The number of nitrogen functional groups attached to an aromatic ring is 1. The second-order valence-electron chi connectivity index (χ2n) is 2.54. The van der Waals surface area contributed by atoms with Gasteiger partial charge < -0.3 is 11.1 Å². The molecular weight excluding hydrogens is 170 g/mol. The number of rotatable bonds is 3. The van der Waals surface area contributed by atoms with Crippen LogP contribution in [-0.4, -0.2) is 27.1 Å². The highest BCUT2D eigenvalue weighted by atomic mass is 16.2. The van der Waals surface area contributed by atoms with Gasteiger partial charge in [-0.1, -0.05) is 6.08 Å². The minimum atomic E-state index is -0.350. The van der Waals surface area contributed by atoms with Crippen molar-refractivity contribution >= 4 is 11.9 Å². The normalized spacial score (nSPS) is 12.1. The fourth-order valence-corrected chi connectivity index (χ4v) is 0.710. The van der Waals surface area contributed by atoms with Crippen molar-refractivity contribution in [3.05, 3.63) is 18.5 Å². The van der Waals surface area contributed by atoms with E-state index in [0.717, 1.165) is 0 Å². The zero-order chi connectivity index (χ0) is 9.84. The van der Waals surface area contributed by atoms with Crippen LogP contribution in [0.5, 0.6) is 0 Å². The van der Waals surface area contributed by atoms with Crippen molar-refractivity contribution in [1.82, 2.24) is 20.5 Å². The lowest BCUT2D eigenvalue weighted by atomic mass is 10.3. The third-order valence-electron chi connectivity index (χ3n) is 1.43. The average molecular weight is 181 g/mol. The summed E-state index contributed by atoms with van der Waals surface area (Å²) in [5.41, 5.74) is 5.23. The summed E-state index contributed by atoms with van der Waals surface area (Å²) in [5, 5.41) is 8.54. The third kappa shape index (κ3) is 2.29. The minimum Gasteiger partial charge on any atom is -0.366 e. The summed E-state index contributed by atoms with van der Waals surface area (Å²) in [6.45, 7) is 5.32. The second kappa shape index (κ2) is 3.70. The first kappa shape index (κ1) is 9.24. The van der Waals surface area contributed by atoms with E-state index < -0.39 is 0 Å². The number of amides is 1. The SMILES string of the molecule is C=CC(C)NC(=O)c1nc(N)n[nH]1. The number of hydrogen-bond acceptors (Lipinski definition) is 4. The summed E-state index contributed by atoms with van der Waals surface area (Å²) < 4.78 is 0. The van der Waals surface area contributed by atoms with Gasteiger partial charge in [0.2, 0.25) is 11.8 Å². The fourth-order valence-electron chi connectivity index (χ4n) is 0.710. The molecule has 1 heterocycles. The van der Waals surface area contributed by atoms with Crippen LogP contribution in [0.15, 0.2) is 12.7 Å². The summed E-state index contributed by atoms with van der Waals surface area (Å²) >= 11 is 0. The molecule has 1 rings (SSSR count). The van der Waals surface area contributed by atoms with Gasteiger partial charge in [-0.2, -0.15) is 4.98 Å². The molecule has 1 aromatic heterocycles. The van der Waals surface area contributed by atoms with E-state index in [2.05, 4.69) is 27.1 Å². The van der Waals surface area contributed by atoms with Gasteiger partial charge in [-0.15, -0.1) is 11.7 Å². The number of nitrogens with one attached hydrogen (secondary N) is 2. The van der Waals surface area contributed by atoms with Crippen molar-refractivity contribution in [1.29, 1.82) is 0 Å². The summed E-state index contributed by atoms with van der Waals surface area (Å²) in [6, 6.07) is -0.112. The number of aromatic amines is 1. The van der Waals surface area contributed by atoms with E-state index in [1.807, 2.05) is 0 Å². The number of hydrogen-bond donors (Lipinski definition) is 3. The molecule has 6 nitrogen and oxygen atoms in total. The Morgan fingerprint density at radius 1 is 1.85 bits per heavy atom. The lowest BCUT2D eigenvalue weighted by molar-refractivity contribution is 0.0937. The predicted octanol–water partition coefficient (Wildman–Crippen LogP) is -0.309. The van der Waals surface area contributed by atoms with Gasteiger partial charge in [0.05, 0.1) is 0 Å². The van der Waals surface area contributed by atoms with Crippen LogP contribution in [0.25, 0.3) is 0 Å². The number of H-pyrrole nitrogens is 1. The van der Waals surface area contributed by atoms with E-state index in [9.17, 15) is 4.79 Å². The number of nitrogens with two attached hydrogens (primary N) is 1. The summed E-state index contributed by atoms with van der Waals surface area (Å²) in [5.74, 6) is -0.195. The molecule has 0 aliphatic rings. The monoisotopic (exact) mass is 181 g/mol. The van der Waals surface area contributed by atoms with E-state index >= 15 is 0 Å². The van der Waals surface area contributed by atoms with Crippen molar-refractivity contribution in [2.75, 3.05) is 5.73 Å². The Labute approximate surface area is 75.2 Å². The first-order chi connectivity index (χ1) is 6.13. The van der Waals surface area contributed by atoms with Crippen LogP contribution in [0.1, 0.15) is 17.5 Å². The maximum Gasteiger partial charge on any atom is 0.289 e. The van der Waals surface area contributed by atoms with E-state index in [1.54, 1.807) is 13.0 Å². The molecule has 0 fully saturated rings. The molecule has 4 N–H and O–H groups in total. The van der Waals surface area contributed by atoms with Crippen LogP contribution in [0.4, 0.5) is 5.95 Å². The second-order valence-corrected chi connectivity index (χ2v) is 2.54. The van der Waals surface area contributed by atoms with Crippen molar-refractivity contribution < 1.29 is 4.79 Å². The zero-order valence-corrected chi connectivity index (χ0v) is 7.24. The zero-order valence-electron chi connectivity index (χ0n) is 7.24. The highest BCUT2D eigenvalue weighted by Crippen LogP contribution is 1.93. The summed E-state index contributed by atoms with van der Waals surface area (Å²) in [6.07, 6.45) is 1.61. The smallest absolute Gasteiger partial charge is 0.289 e. The van der Waals surface area contributed by atoms with Gasteiger partial charge >= 0.3 is 0 Å². The molecule has 0 radical (unpaired) electrons. The highest BCUT2D eigenvalue weighted by molar-refractivity contribution is 5.90. The lowest BCUT2D eigenvalue weighted by Gasteiger charge is -2.05. The molecule has 13 heavy (non-hydrogen) atoms. The maximum atomic E-state index is 11.3. The Hall–Kier alpha value is -1.85. The summed E-state index contributed by atoms with van der Waals surface area (Å²) in [7, 11) is 0. The van der Waals surface area contributed by atoms with E-state index in [1.165, 1.54) is 0 Å². The number of anilines is 1. The Bertz CT molecular complexity index is 318. The van der Waals surface area contributed by atoms with Crippen LogP contribution < -0.4 is 11.1 Å². The number of nitrogens with zero attached hydrogens (tertiary/aromatic N) is 2. The fraction of sp³-hybridized carbons (Fsp3) is 0.286. The molecule has 0 aliphatic carbocycles. The van der Waals surface area contributed by atoms with Gasteiger partial charge in [-0.3, -0.25) is 9.89 Å². The molecule has 6 heteroatoms. The molecule has 0 aromatic carbocycles. The van der Waals surface area contributed by atoms with Gasteiger partial charge in [0.1, 0.15) is 0 Å². The van der Waals surface area contributed by atoms with Crippen LogP contribution >= 0.6 is 0 Å². The van der Waals surface area contributed by atoms with Crippen LogP contribution in [0.3, 0.4) is 0 Å².